The highest BCUT2D eigenvalue weighted by Gasteiger charge is 2.46. The van der Waals surface area contributed by atoms with Crippen molar-refractivity contribution in [2.24, 2.45) is 0 Å². The zero-order chi connectivity index (χ0) is 10.7. The Hall–Kier alpha value is -0.770. The van der Waals surface area contributed by atoms with Crippen molar-refractivity contribution in [3.63, 3.8) is 0 Å². The molecule has 2 aliphatic rings. The number of rotatable bonds is 2. The van der Waals surface area contributed by atoms with E-state index < -0.39 is 0 Å². The number of nitrogens with one attached hydrogen (secondary N) is 1. The summed E-state index contributed by atoms with van der Waals surface area (Å²) >= 11 is 0. The van der Waals surface area contributed by atoms with Gasteiger partial charge in [-0.05, 0) is 38.8 Å². The van der Waals surface area contributed by atoms with Gasteiger partial charge in [0.1, 0.15) is 6.61 Å². The summed E-state index contributed by atoms with van der Waals surface area (Å²) in [6, 6.07) is 0. The van der Waals surface area contributed by atoms with Crippen molar-refractivity contribution < 1.29 is 9.53 Å². The molecule has 4 nitrogen and oxygen atoms in total. The topological polar surface area (TPSA) is 41.6 Å². The molecule has 0 aromatic heterocycles. The highest BCUT2D eigenvalue weighted by molar-refractivity contribution is 5.71. The van der Waals surface area contributed by atoms with Crippen LogP contribution in [-0.4, -0.2) is 42.8 Å². The van der Waals surface area contributed by atoms with E-state index in [0.717, 1.165) is 45.3 Å². The van der Waals surface area contributed by atoms with Gasteiger partial charge in [0.05, 0.1) is 5.54 Å². The Labute approximate surface area is 91.0 Å². The highest BCUT2D eigenvalue weighted by atomic mass is 16.6. The van der Waals surface area contributed by atoms with Crippen LogP contribution in [0.2, 0.25) is 0 Å². The smallest absolute Gasteiger partial charge is 0.410 e. The van der Waals surface area contributed by atoms with E-state index in [2.05, 4.69) is 12.2 Å². The Bertz CT molecular complexity index is 235. The standard InChI is InChI=1S/C11H20N2O2/c1-2-8-13-10(14)15-9-11(13)4-3-6-12-7-5-11/h12H,2-9H2,1H3. The molecule has 1 atom stereocenters. The molecule has 15 heavy (non-hydrogen) atoms. The van der Waals surface area contributed by atoms with Crippen molar-refractivity contribution in [2.75, 3.05) is 26.2 Å². The summed E-state index contributed by atoms with van der Waals surface area (Å²) in [5, 5.41) is 3.38. The fourth-order valence-corrected chi connectivity index (χ4v) is 2.63. The maximum Gasteiger partial charge on any atom is 0.410 e. The van der Waals surface area contributed by atoms with Crippen LogP contribution in [0.3, 0.4) is 0 Å². The van der Waals surface area contributed by atoms with Crippen LogP contribution < -0.4 is 5.32 Å². The van der Waals surface area contributed by atoms with E-state index in [1.54, 1.807) is 0 Å². The molecule has 2 aliphatic heterocycles. The van der Waals surface area contributed by atoms with Crippen LogP contribution in [0.25, 0.3) is 0 Å². The Morgan fingerprint density at radius 1 is 1.47 bits per heavy atom. The minimum atomic E-state index is -0.112. The summed E-state index contributed by atoms with van der Waals surface area (Å²) in [7, 11) is 0. The third-order valence-corrected chi connectivity index (χ3v) is 3.47. The number of hydrogen-bond donors (Lipinski definition) is 1. The number of carbonyl (C=O) groups is 1. The van der Waals surface area contributed by atoms with Gasteiger partial charge in [-0.25, -0.2) is 4.79 Å². The monoisotopic (exact) mass is 212 g/mol. The average molecular weight is 212 g/mol. The van der Waals surface area contributed by atoms with E-state index in [1.807, 2.05) is 4.90 Å². The minimum absolute atomic E-state index is 0.00338. The molecule has 0 aliphatic carbocycles. The summed E-state index contributed by atoms with van der Waals surface area (Å²) in [4.78, 5) is 13.6. The van der Waals surface area contributed by atoms with Crippen LogP contribution in [-0.2, 0) is 4.74 Å². The number of nitrogens with zero attached hydrogens (tertiary/aromatic N) is 1. The lowest BCUT2D eigenvalue weighted by molar-refractivity contribution is 0.142. The molecule has 0 bridgehead atoms. The molecule has 2 heterocycles. The van der Waals surface area contributed by atoms with Gasteiger partial charge in [-0.3, -0.25) is 4.90 Å². The Balaban J connectivity index is 2.12. The quantitative estimate of drug-likeness (QED) is 0.751. The lowest BCUT2D eigenvalue weighted by Gasteiger charge is -2.34. The summed E-state index contributed by atoms with van der Waals surface area (Å²) in [6.45, 7) is 5.59. The number of amides is 1. The summed E-state index contributed by atoms with van der Waals surface area (Å²) in [5.74, 6) is 0. The molecule has 1 N–H and O–H groups in total. The SMILES string of the molecule is CCCN1C(=O)OCC12CCCNCC2. The molecule has 1 unspecified atom stereocenters. The van der Waals surface area contributed by atoms with Crippen LogP contribution >= 0.6 is 0 Å². The van der Waals surface area contributed by atoms with Crippen molar-refractivity contribution in [1.29, 1.82) is 0 Å². The molecule has 86 valence electrons. The second kappa shape index (κ2) is 4.39. The van der Waals surface area contributed by atoms with Crippen molar-refractivity contribution >= 4 is 6.09 Å². The van der Waals surface area contributed by atoms with Crippen molar-refractivity contribution in [1.82, 2.24) is 10.2 Å². The third kappa shape index (κ3) is 1.95. The van der Waals surface area contributed by atoms with Crippen LogP contribution in [0.1, 0.15) is 32.6 Å². The van der Waals surface area contributed by atoms with E-state index in [-0.39, 0.29) is 11.6 Å². The predicted molar refractivity (Wildman–Crippen MR) is 57.8 cm³/mol. The second-order valence-corrected chi connectivity index (χ2v) is 4.53. The maximum absolute atomic E-state index is 11.6. The lowest BCUT2D eigenvalue weighted by Crippen LogP contribution is -2.48. The molecule has 1 amide bonds. The van der Waals surface area contributed by atoms with Crippen LogP contribution in [0.15, 0.2) is 0 Å². The molecule has 2 saturated heterocycles. The van der Waals surface area contributed by atoms with Gasteiger partial charge in [0.25, 0.3) is 0 Å². The lowest BCUT2D eigenvalue weighted by atomic mass is 9.90. The minimum Gasteiger partial charge on any atom is -0.447 e. The molecule has 2 rings (SSSR count). The fourth-order valence-electron chi connectivity index (χ4n) is 2.63. The zero-order valence-electron chi connectivity index (χ0n) is 9.42. The number of ether oxygens (including phenoxy) is 1. The van der Waals surface area contributed by atoms with Crippen molar-refractivity contribution in [3.8, 4) is 0 Å². The van der Waals surface area contributed by atoms with Crippen molar-refractivity contribution in [2.45, 2.75) is 38.1 Å². The second-order valence-electron chi connectivity index (χ2n) is 4.53. The van der Waals surface area contributed by atoms with Crippen LogP contribution in [0.5, 0.6) is 0 Å². The molecule has 0 aromatic carbocycles. The summed E-state index contributed by atoms with van der Waals surface area (Å²) < 4.78 is 5.23. The Morgan fingerprint density at radius 3 is 3.13 bits per heavy atom. The summed E-state index contributed by atoms with van der Waals surface area (Å²) in [6.07, 6.45) is 4.13. The van der Waals surface area contributed by atoms with E-state index >= 15 is 0 Å². The molecule has 2 fully saturated rings. The molecule has 1 spiro atoms. The van der Waals surface area contributed by atoms with E-state index in [9.17, 15) is 4.79 Å². The Kier molecular flexibility index (Phi) is 3.14. The molecular weight excluding hydrogens is 192 g/mol. The van der Waals surface area contributed by atoms with Gasteiger partial charge in [0.15, 0.2) is 0 Å². The number of carbonyl (C=O) groups excluding carboxylic acids is 1. The molecular formula is C11H20N2O2. The first-order chi connectivity index (χ1) is 7.28. The van der Waals surface area contributed by atoms with Gasteiger partial charge in [-0.15, -0.1) is 0 Å². The fraction of sp³-hybridized carbons (Fsp3) is 0.909. The van der Waals surface area contributed by atoms with Gasteiger partial charge in [0, 0.05) is 6.54 Å². The largest absolute Gasteiger partial charge is 0.447 e. The summed E-state index contributed by atoms with van der Waals surface area (Å²) in [5.41, 5.74) is -0.00338. The molecule has 0 saturated carbocycles. The highest BCUT2D eigenvalue weighted by Crippen LogP contribution is 2.33. The van der Waals surface area contributed by atoms with Gasteiger partial charge in [0.2, 0.25) is 0 Å². The van der Waals surface area contributed by atoms with Gasteiger partial charge in [-0.1, -0.05) is 6.92 Å². The Morgan fingerprint density at radius 2 is 2.33 bits per heavy atom. The maximum atomic E-state index is 11.6. The van der Waals surface area contributed by atoms with E-state index in [4.69, 9.17) is 4.74 Å². The predicted octanol–water partition coefficient (Wildman–Crippen LogP) is 1.36. The van der Waals surface area contributed by atoms with E-state index in [0.29, 0.717) is 6.61 Å². The van der Waals surface area contributed by atoms with Crippen LogP contribution in [0, 0.1) is 0 Å². The zero-order valence-corrected chi connectivity index (χ0v) is 9.42. The van der Waals surface area contributed by atoms with Gasteiger partial charge >= 0.3 is 6.09 Å². The first kappa shape index (κ1) is 10.7. The number of cyclic esters (lactones) is 1. The molecule has 0 aromatic rings. The van der Waals surface area contributed by atoms with Crippen molar-refractivity contribution in [3.05, 3.63) is 0 Å². The number of hydrogen-bond acceptors (Lipinski definition) is 3. The molecule has 4 heteroatoms. The molecule has 0 radical (unpaired) electrons. The first-order valence-corrected chi connectivity index (χ1v) is 5.94. The average Bonchev–Trinajstić information content (AvgIpc) is 2.45. The normalized spacial score (nSPS) is 31.8. The van der Waals surface area contributed by atoms with Gasteiger partial charge in [-0.2, -0.15) is 0 Å². The van der Waals surface area contributed by atoms with Gasteiger partial charge < -0.3 is 10.1 Å². The first-order valence-electron chi connectivity index (χ1n) is 5.94. The van der Waals surface area contributed by atoms with E-state index in [1.165, 1.54) is 0 Å². The van der Waals surface area contributed by atoms with Crippen LogP contribution in [0.4, 0.5) is 4.79 Å². The third-order valence-electron chi connectivity index (χ3n) is 3.47.